The molecule has 0 aliphatic heterocycles. The fraction of sp³-hybridized carbons (Fsp3) is 0.417. The van der Waals surface area contributed by atoms with Crippen LogP contribution >= 0.6 is 12.4 Å². The smallest absolute Gasteiger partial charge is 0.317 e. The number of carbonyl (C=O) groups is 1. The van der Waals surface area contributed by atoms with Crippen molar-refractivity contribution in [2.24, 2.45) is 5.73 Å². The zero-order valence-electron chi connectivity index (χ0n) is 9.60. The molecule has 0 saturated carbocycles. The summed E-state index contributed by atoms with van der Waals surface area (Å²) in [7, 11) is 0. The van der Waals surface area contributed by atoms with Crippen molar-refractivity contribution in [2.45, 2.75) is 19.3 Å². The molecule has 1 aromatic carbocycles. The summed E-state index contributed by atoms with van der Waals surface area (Å²) in [5, 5.41) is 0. The molecular formula is C12H18ClNO2. The third kappa shape index (κ3) is 2.97. The number of halogens is 1. The normalized spacial score (nSPS) is 13.4. The first-order valence-electron chi connectivity index (χ1n) is 5.08. The molecule has 0 heterocycles. The van der Waals surface area contributed by atoms with E-state index < -0.39 is 5.41 Å². The lowest BCUT2D eigenvalue weighted by Crippen LogP contribution is -2.41. The van der Waals surface area contributed by atoms with Gasteiger partial charge in [0.25, 0.3) is 0 Å². The highest BCUT2D eigenvalue weighted by atomic mass is 35.5. The van der Waals surface area contributed by atoms with Crippen molar-refractivity contribution in [3.63, 3.8) is 0 Å². The van der Waals surface area contributed by atoms with Crippen molar-refractivity contribution in [1.82, 2.24) is 0 Å². The highest BCUT2D eigenvalue weighted by molar-refractivity contribution is 5.85. The summed E-state index contributed by atoms with van der Waals surface area (Å²) in [4.78, 5) is 11.8. The SMILES string of the molecule is CCOC(=O)C(C)(CN)c1ccccc1.Cl. The van der Waals surface area contributed by atoms with Crippen LogP contribution in [0.25, 0.3) is 0 Å². The molecule has 0 fully saturated rings. The third-order valence-corrected chi connectivity index (χ3v) is 2.55. The Morgan fingerprint density at radius 1 is 1.38 bits per heavy atom. The Kier molecular flexibility index (Phi) is 6.08. The van der Waals surface area contributed by atoms with Crippen LogP contribution in [0.15, 0.2) is 30.3 Å². The quantitative estimate of drug-likeness (QED) is 0.822. The molecule has 0 saturated heterocycles. The molecule has 3 nitrogen and oxygen atoms in total. The summed E-state index contributed by atoms with van der Waals surface area (Å²) in [6.07, 6.45) is 0. The average Bonchev–Trinajstić information content (AvgIpc) is 2.29. The monoisotopic (exact) mass is 243 g/mol. The van der Waals surface area contributed by atoms with Crippen LogP contribution in [0.4, 0.5) is 0 Å². The molecule has 90 valence electrons. The van der Waals surface area contributed by atoms with Gasteiger partial charge in [0, 0.05) is 6.54 Å². The molecule has 1 aromatic rings. The molecule has 1 unspecified atom stereocenters. The van der Waals surface area contributed by atoms with E-state index in [0.717, 1.165) is 5.56 Å². The molecule has 1 rings (SSSR count). The average molecular weight is 244 g/mol. The second-order valence-electron chi connectivity index (χ2n) is 3.62. The predicted molar refractivity (Wildman–Crippen MR) is 66.7 cm³/mol. The first-order chi connectivity index (χ1) is 7.15. The van der Waals surface area contributed by atoms with Crippen LogP contribution in [-0.4, -0.2) is 19.1 Å². The fourth-order valence-electron chi connectivity index (χ4n) is 1.42. The van der Waals surface area contributed by atoms with Crippen molar-refractivity contribution >= 4 is 18.4 Å². The van der Waals surface area contributed by atoms with Crippen molar-refractivity contribution in [3.05, 3.63) is 35.9 Å². The number of carbonyl (C=O) groups excluding carboxylic acids is 1. The fourth-order valence-corrected chi connectivity index (χ4v) is 1.42. The zero-order valence-corrected chi connectivity index (χ0v) is 10.4. The summed E-state index contributed by atoms with van der Waals surface area (Å²) in [5.41, 5.74) is 5.82. The molecule has 0 radical (unpaired) electrons. The highest BCUT2D eigenvalue weighted by Gasteiger charge is 2.35. The number of rotatable bonds is 4. The lowest BCUT2D eigenvalue weighted by atomic mass is 9.82. The van der Waals surface area contributed by atoms with Crippen LogP contribution in [0.1, 0.15) is 19.4 Å². The molecular weight excluding hydrogens is 226 g/mol. The molecule has 2 N–H and O–H groups in total. The lowest BCUT2D eigenvalue weighted by Gasteiger charge is -2.25. The van der Waals surface area contributed by atoms with Crippen LogP contribution in [0.3, 0.4) is 0 Å². The number of ether oxygens (including phenoxy) is 1. The summed E-state index contributed by atoms with van der Waals surface area (Å²) in [5.74, 6) is -0.265. The molecule has 0 bridgehead atoms. The Bertz CT molecular complexity index is 329. The molecule has 1 atom stereocenters. The molecule has 0 spiro atoms. The molecule has 4 heteroatoms. The Labute approximate surface area is 102 Å². The van der Waals surface area contributed by atoms with Gasteiger partial charge in [0.2, 0.25) is 0 Å². The lowest BCUT2D eigenvalue weighted by molar-refractivity contribution is -0.149. The van der Waals surface area contributed by atoms with Crippen molar-refractivity contribution in [3.8, 4) is 0 Å². The van der Waals surface area contributed by atoms with Crippen LogP contribution in [0.2, 0.25) is 0 Å². The van der Waals surface area contributed by atoms with Gasteiger partial charge in [0.05, 0.1) is 6.61 Å². The third-order valence-electron chi connectivity index (χ3n) is 2.55. The van der Waals surface area contributed by atoms with Gasteiger partial charge in [0.1, 0.15) is 5.41 Å². The molecule has 0 aliphatic carbocycles. The van der Waals surface area contributed by atoms with E-state index in [-0.39, 0.29) is 24.9 Å². The summed E-state index contributed by atoms with van der Waals surface area (Å²) < 4.78 is 5.03. The van der Waals surface area contributed by atoms with E-state index in [0.29, 0.717) is 6.61 Å². The van der Waals surface area contributed by atoms with Crippen LogP contribution < -0.4 is 5.73 Å². The van der Waals surface area contributed by atoms with E-state index in [2.05, 4.69) is 0 Å². The van der Waals surface area contributed by atoms with Gasteiger partial charge < -0.3 is 10.5 Å². The molecule has 0 amide bonds. The maximum atomic E-state index is 11.8. The van der Waals surface area contributed by atoms with Gasteiger partial charge in [-0.3, -0.25) is 4.79 Å². The van der Waals surface area contributed by atoms with Gasteiger partial charge in [-0.15, -0.1) is 12.4 Å². The van der Waals surface area contributed by atoms with E-state index in [1.54, 1.807) is 13.8 Å². The molecule has 0 aliphatic rings. The highest BCUT2D eigenvalue weighted by Crippen LogP contribution is 2.23. The summed E-state index contributed by atoms with van der Waals surface area (Å²) in [6.45, 7) is 4.22. The van der Waals surface area contributed by atoms with Gasteiger partial charge in [-0.1, -0.05) is 30.3 Å². The van der Waals surface area contributed by atoms with Crippen LogP contribution in [-0.2, 0) is 14.9 Å². The maximum Gasteiger partial charge on any atom is 0.317 e. The zero-order chi connectivity index (χ0) is 11.3. The number of esters is 1. The minimum atomic E-state index is -0.739. The van der Waals surface area contributed by atoms with Crippen molar-refractivity contribution in [1.29, 1.82) is 0 Å². The van der Waals surface area contributed by atoms with Gasteiger partial charge in [-0.2, -0.15) is 0 Å². The van der Waals surface area contributed by atoms with Gasteiger partial charge >= 0.3 is 5.97 Å². The van der Waals surface area contributed by atoms with E-state index >= 15 is 0 Å². The largest absolute Gasteiger partial charge is 0.465 e. The topological polar surface area (TPSA) is 52.3 Å². The van der Waals surface area contributed by atoms with Gasteiger partial charge in [-0.05, 0) is 19.4 Å². The van der Waals surface area contributed by atoms with Gasteiger partial charge in [0.15, 0.2) is 0 Å². The number of nitrogens with two attached hydrogens (primary N) is 1. The van der Waals surface area contributed by atoms with Gasteiger partial charge in [-0.25, -0.2) is 0 Å². The minimum absolute atomic E-state index is 0. The van der Waals surface area contributed by atoms with E-state index in [1.165, 1.54) is 0 Å². The van der Waals surface area contributed by atoms with Crippen LogP contribution in [0, 0.1) is 0 Å². The van der Waals surface area contributed by atoms with Crippen LogP contribution in [0.5, 0.6) is 0 Å². The summed E-state index contributed by atoms with van der Waals surface area (Å²) >= 11 is 0. The number of benzene rings is 1. The Balaban J connectivity index is 0.00000225. The number of hydrogen-bond donors (Lipinski definition) is 1. The minimum Gasteiger partial charge on any atom is -0.465 e. The predicted octanol–water partition coefficient (Wildman–Crippen LogP) is 1.89. The molecule has 16 heavy (non-hydrogen) atoms. The Hall–Kier alpha value is -1.06. The standard InChI is InChI=1S/C12H17NO2.ClH/c1-3-15-11(14)12(2,9-13)10-7-5-4-6-8-10;/h4-8H,3,9,13H2,1-2H3;1H. The summed E-state index contributed by atoms with van der Waals surface area (Å²) in [6, 6.07) is 9.48. The van der Waals surface area contributed by atoms with Crippen molar-refractivity contribution in [2.75, 3.05) is 13.2 Å². The second-order valence-corrected chi connectivity index (χ2v) is 3.62. The number of hydrogen-bond acceptors (Lipinski definition) is 3. The Morgan fingerprint density at radius 2 is 1.94 bits per heavy atom. The maximum absolute atomic E-state index is 11.8. The van der Waals surface area contributed by atoms with E-state index in [4.69, 9.17) is 10.5 Å². The first-order valence-corrected chi connectivity index (χ1v) is 5.08. The van der Waals surface area contributed by atoms with E-state index in [9.17, 15) is 4.79 Å². The van der Waals surface area contributed by atoms with E-state index in [1.807, 2.05) is 30.3 Å². The molecule has 0 aromatic heterocycles. The first kappa shape index (κ1) is 14.9. The van der Waals surface area contributed by atoms with Crippen molar-refractivity contribution < 1.29 is 9.53 Å². The second kappa shape index (κ2) is 6.51. The Morgan fingerprint density at radius 3 is 2.38 bits per heavy atom.